The summed E-state index contributed by atoms with van der Waals surface area (Å²) in [4.78, 5) is 2.38. The largest absolute Gasteiger partial charge is 0.323 e. The Balaban J connectivity index is 1.92. The molecule has 2 aliphatic rings. The van der Waals surface area contributed by atoms with E-state index in [1.54, 1.807) is 0 Å². The Morgan fingerprint density at radius 2 is 2.00 bits per heavy atom. The molecule has 100 valence electrons. The predicted molar refractivity (Wildman–Crippen MR) is 69.7 cm³/mol. The van der Waals surface area contributed by atoms with E-state index >= 15 is 0 Å². The molecule has 0 radical (unpaired) electrons. The van der Waals surface area contributed by atoms with Crippen LogP contribution in [0.1, 0.15) is 39.0 Å². The van der Waals surface area contributed by atoms with Crippen LogP contribution in [0, 0.1) is 0 Å². The summed E-state index contributed by atoms with van der Waals surface area (Å²) < 4.78 is 23.2. The third-order valence-corrected chi connectivity index (χ3v) is 6.10. The molecular weight excluding hydrogens is 236 g/mol. The van der Waals surface area contributed by atoms with Crippen LogP contribution in [0.2, 0.25) is 0 Å². The van der Waals surface area contributed by atoms with Crippen LogP contribution in [0.4, 0.5) is 0 Å². The zero-order chi connectivity index (χ0) is 12.7. The van der Waals surface area contributed by atoms with Gasteiger partial charge in [-0.15, -0.1) is 0 Å². The van der Waals surface area contributed by atoms with Gasteiger partial charge in [-0.2, -0.15) is 0 Å². The van der Waals surface area contributed by atoms with Crippen LogP contribution >= 0.6 is 0 Å². The van der Waals surface area contributed by atoms with Crippen LogP contribution < -0.4 is 5.73 Å². The Labute approximate surface area is 104 Å². The van der Waals surface area contributed by atoms with Crippen LogP contribution in [0.5, 0.6) is 0 Å². The summed E-state index contributed by atoms with van der Waals surface area (Å²) in [6, 6.07) is 0.437. The second-order valence-electron chi connectivity index (χ2n) is 5.89. The molecule has 2 unspecified atom stereocenters. The van der Waals surface area contributed by atoms with Gasteiger partial charge in [0.2, 0.25) is 0 Å². The summed E-state index contributed by atoms with van der Waals surface area (Å²) in [7, 11) is -2.87. The predicted octanol–water partition coefficient (Wildman–Crippen LogP) is 0.765. The molecule has 0 aromatic heterocycles. The van der Waals surface area contributed by atoms with E-state index in [1.165, 1.54) is 6.26 Å². The first kappa shape index (κ1) is 13.3. The van der Waals surface area contributed by atoms with Gasteiger partial charge in [0.05, 0.1) is 5.25 Å². The molecule has 0 spiro atoms. The average Bonchev–Trinajstić information content (AvgIpc) is 2.24. The van der Waals surface area contributed by atoms with E-state index in [9.17, 15) is 8.42 Å². The fraction of sp³-hybridized carbons (Fsp3) is 1.00. The summed E-state index contributed by atoms with van der Waals surface area (Å²) >= 11 is 0. The fourth-order valence-electron chi connectivity index (χ4n) is 3.09. The summed E-state index contributed by atoms with van der Waals surface area (Å²) in [5.74, 6) is 0. The maximum absolute atomic E-state index is 11.6. The van der Waals surface area contributed by atoms with Crippen molar-refractivity contribution in [2.24, 2.45) is 5.73 Å². The number of hydrogen-bond acceptors (Lipinski definition) is 4. The van der Waals surface area contributed by atoms with E-state index in [2.05, 4.69) is 11.8 Å². The number of nitrogens with zero attached hydrogens (tertiary/aromatic N) is 1. The normalized spacial score (nSPS) is 34.3. The van der Waals surface area contributed by atoms with Gasteiger partial charge in [0, 0.05) is 30.9 Å². The minimum Gasteiger partial charge on any atom is -0.323 e. The quantitative estimate of drug-likeness (QED) is 0.814. The smallest absolute Gasteiger partial charge is 0.150 e. The molecule has 1 saturated heterocycles. The van der Waals surface area contributed by atoms with E-state index in [4.69, 9.17) is 5.73 Å². The van der Waals surface area contributed by atoms with Crippen molar-refractivity contribution < 1.29 is 8.42 Å². The van der Waals surface area contributed by atoms with Gasteiger partial charge in [-0.25, -0.2) is 8.42 Å². The molecule has 1 heterocycles. The minimum absolute atomic E-state index is 0.0158. The van der Waals surface area contributed by atoms with E-state index in [0.29, 0.717) is 6.04 Å². The van der Waals surface area contributed by atoms with E-state index in [0.717, 1.165) is 45.2 Å². The zero-order valence-corrected chi connectivity index (χ0v) is 11.7. The summed E-state index contributed by atoms with van der Waals surface area (Å²) in [5.41, 5.74) is 6.14. The van der Waals surface area contributed by atoms with E-state index < -0.39 is 9.84 Å². The lowest BCUT2D eigenvalue weighted by molar-refractivity contribution is 0.0132. The maximum atomic E-state index is 11.6. The molecule has 1 aliphatic carbocycles. The highest BCUT2D eigenvalue weighted by molar-refractivity contribution is 7.91. The molecule has 4 nitrogen and oxygen atoms in total. The highest BCUT2D eigenvalue weighted by Crippen LogP contribution is 2.33. The molecular formula is C12H24N2O2S. The lowest BCUT2D eigenvalue weighted by Crippen LogP contribution is -2.69. The van der Waals surface area contributed by atoms with Gasteiger partial charge in [0.25, 0.3) is 0 Å². The lowest BCUT2D eigenvalue weighted by atomic mass is 9.83. The van der Waals surface area contributed by atoms with Gasteiger partial charge in [-0.1, -0.05) is 13.3 Å². The van der Waals surface area contributed by atoms with Gasteiger partial charge < -0.3 is 5.73 Å². The molecule has 2 fully saturated rings. The SMILES string of the molecule is CCC1(N)CN(C2CCCC(S(C)(=O)=O)C2)C1. The van der Waals surface area contributed by atoms with Crippen LogP contribution in [0.3, 0.4) is 0 Å². The Morgan fingerprint density at radius 3 is 2.53 bits per heavy atom. The molecule has 2 atom stereocenters. The highest BCUT2D eigenvalue weighted by atomic mass is 32.2. The first-order chi connectivity index (χ1) is 7.84. The van der Waals surface area contributed by atoms with E-state index in [1.807, 2.05) is 0 Å². The van der Waals surface area contributed by atoms with Gasteiger partial charge in [0.15, 0.2) is 0 Å². The van der Waals surface area contributed by atoms with Crippen molar-refractivity contribution in [3.05, 3.63) is 0 Å². The molecule has 2 N–H and O–H groups in total. The molecule has 0 aromatic carbocycles. The summed E-state index contributed by atoms with van der Waals surface area (Å²) in [6.07, 6.45) is 6.18. The molecule has 0 bridgehead atoms. The second kappa shape index (κ2) is 4.52. The zero-order valence-electron chi connectivity index (χ0n) is 10.9. The minimum atomic E-state index is -2.87. The van der Waals surface area contributed by atoms with Crippen molar-refractivity contribution in [1.29, 1.82) is 0 Å². The maximum Gasteiger partial charge on any atom is 0.150 e. The Bertz CT molecular complexity index is 374. The van der Waals surface area contributed by atoms with Gasteiger partial charge in [-0.05, 0) is 25.7 Å². The van der Waals surface area contributed by atoms with Crippen molar-refractivity contribution in [3.63, 3.8) is 0 Å². The third-order valence-electron chi connectivity index (χ3n) is 4.46. The number of likely N-dealkylation sites (tertiary alicyclic amines) is 1. The molecule has 1 saturated carbocycles. The van der Waals surface area contributed by atoms with Crippen LogP contribution in [0.15, 0.2) is 0 Å². The summed E-state index contributed by atoms with van der Waals surface area (Å²) in [5, 5.41) is -0.129. The molecule has 1 aliphatic heterocycles. The summed E-state index contributed by atoms with van der Waals surface area (Å²) in [6.45, 7) is 3.99. The highest BCUT2D eigenvalue weighted by Gasteiger charge is 2.43. The lowest BCUT2D eigenvalue weighted by Gasteiger charge is -2.52. The van der Waals surface area contributed by atoms with Crippen molar-refractivity contribution in [2.75, 3.05) is 19.3 Å². The first-order valence-electron chi connectivity index (χ1n) is 6.56. The van der Waals surface area contributed by atoms with Crippen molar-refractivity contribution >= 4 is 9.84 Å². The molecule has 2 rings (SSSR count). The van der Waals surface area contributed by atoms with E-state index in [-0.39, 0.29) is 10.8 Å². The molecule has 17 heavy (non-hydrogen) atoms. The van der Waals surface area contributed by atoms with Crippen LogP contribution in [-0.2, 0) is 9.84 Å². The first-order valence-corrected chi connectivity index (χ1v) is 8.51. The Kier molecular flexibility index (Phi) is 3.54. The van der Waals surface area contributed by atoms with Crippen LogP contribution in [-0.4, -0.2) is 49.5 Å². The monoisotopic (exact) mass is 260 g/mol. The fourth-order valence-corrected chi connectivity index (χ4v) is 4.25. The topological polar surface area (TPSA) is 63.4 Å². The number of nitrogens with two attached hydrogens (primary N) is 1. The van der Waals surface area contributed by atoms with Crippen molar-refractivity contribution in [1.82, 2.24) is 4.90 Å². The third kappa shape index (κ3) is 2.83. The van der Waals surface area contributed by atoms with Gasteiger partial charge in [0.1, 0.15) is 9.84 Å². The van der Waals surface area contributed by atoms with Crippen molar-refractivity contribution in [3.8, 4) is 0 Å². The molecule has 0 amide bonds. The number of sulfone groups is 1. The number of hydrogen-bond donors (Lipinski definition) is 1. The number of rotatable bonds is 3. The average molecular weight is 260 g/mol. The molecule has 5 heteroatoms. The Morgan fingerprint density at radius 1 is 1.35 bits per heavy atom. The standard InChI is InChI=1S/C12H24N2O2S/c1-3-12(13)8-14(9-12)10-5-4-6-11(7-10)17(2,15)16/h10-11H,3-9,13H2,1-2H3. The van der Waals surface area contributed by atoms with Crippen molar-refractivity contribution in [2.45, 2.75) is 55.9 Å². The Hall–Kier alpha value is -0.130. The van der Waals surface area contributed by atoms with Crippen LogP contribution in [0.25, 0.3) is 0 Å². The van der Waals surface area contributed by atoms with Gasteiger partial charge >= 0.3 is 0 Å². The van der Waals surface area contributed by atoms with Gasteiger partial charge in [-0.3, -0.25) is 4.90 Å². The second-order valence-corrected chi connectivity index (χ2v) is 8.22. The molecule has 0 aromatic rings.